The van der Waals surface area contributed by atoms with Crippen molar-refractivity contribution in [3.63, 3.8) is 0 Å². The van der Waals surface area contributed by atoms with Crippen molar-refractivity contribution in [1.82, 2.24) is 5.32 Å². The molecule has 0 saturated carbocycles. The molecule has 0 spiro atoms. The number of nitrogens with one attached hydrogen (secondary N) is 1. The van der Waals surface area contributed by atoms with Crippen molar-refractivity contribution in [3.05, 3.63) is 21.9 Å². The zero-order valence-electron chi connectivity index (χ0n) is 9.77. The first-order chi connectivity index (χ1) is 8.06. The van der Waals surface area contributed by atoms with Crippen LogP contribution < -0.4 is 14.8 Å². The van der Waals surface area contributed by atoms with E-state index in [-0.39, 0.29) is 22.3 Å². The Morgan fingerprint density at radius 3 is 2.59 bits per heavy atom. The molecule has 0 bridgehead atoms. The molecule has 0 aliphatic carbocycles. The molecular weight excluding hydrogens is 293 g/mol. The number of ketones is 1. The lowest BCUT2D eigenvalue weighted by atomic mass is 10.1. The van der Waals surface area contributed by atoms with Gasteiger partial charge in [0.1, 0.15) is 5.56 Å². The topological polar surface area (TPSA) is 47.6 Å². The number of carbonyl (C=O) groups excluding carboxylic acids is 1. The molecule has 0 fully saturated rings. The Labute approximate surface area is 107 Å². The molecule has 4 nitrogen and oxygen atoms in total. The lowest BCUT2D eigenvalue weighted by Crippen LogP contribution is -2.20. The van der Waals surface area contributed by atoms with Gasteiger partial charge in [0.15, 0.2) is 23.1 Å². The van der Waals surface area contributed by atoms with Crippen molar-refractivity contribution in [1.29, 1.82) is 0 Å². The van der Waals surface area contributed by atoms with Crippen molar-refractivity contribution in [2.24, 2.45) is 0 Å². The van der Waals surface area contributed by atoms with Crippen LogP contribution in [0.1, 0.15) is 10.4 Å². The maximum atomic E-state index is 13.9. The molecule has 1 N–H and O–H groups in total. The standard InChI is InChI=1S/C11H13BrFNO3/c1-14-5-7(15)9-10(13)6(12)4-8(16-2)11(9)17-3/h4,14H,5H2,1-3H3. The Morgan fingerprint density at radius 2 is 2.12 bits per heavy atom. The summed E-state index contributed by atoms with van der Waals surface area (Å²) in [4.78, 5) is 11.8. The highest BCUT2D eigenvalue weighted by Crippen LogP contribution is 2.37. The summed E-state index contributed by atoms with van der Waals surface area (Å²) in [5, 5.41) is 2.67. The monoisotopic (exact) mass is 305 g/mol. The van der Waals surface area contributed by atoms with Gasteiger partial charge in [-0.15, -0.1) is 0 Å². The van der Waals surface area contributed by atoms with Crippen molar-refractivity contribution in [3.8, 4) is 11.5 Å². The third-order valence-electron chi connectivity index (χ3n) is 2.18. The van der Waals surface area contributed by atoms with Gasteiger partial charge < -0.3 is 14.8 Å². The molecule has 94 valence electrons. The number of hydrogen-bond acceptors (Lipinski definition) is 4. The van der Waals surface area contributed by atoms with Crippen LogP contribution in [0.25, 0.3) is 0 Å². The number of benzene rings is 1. The maximum Gasteiger partial charge on any atom is 0.183 e. The van der Waals surface area contributed by atoms with Gasteiger partial charge in [-0.25, -0.2) is 4.39 Å². The molecular formula is C11H13BrFNO3. The fourth-order valence-corrected chi connectivity index (χ4v) is 1.84. The van der Waals surface area contributed by atoms with E-state index in [1.54, 1.807) is 7.05 Å². The summed E-state index contributed by atoms with van der Waals surface area (Å²) in [7, 11) is 4.40. The fraction of sp³-hybridized carbons (Fsp3) is 0.364. The molecule has 1 rings (SSSR count). The van der Waals surface area contributed by atoms with E-state index in [1.807, 2.05) is 0 Å². The number of Topliss-reactive ketones (excluding diaryl/α,β-unsaturated/α-hetero) is 1. The first kappa shape index (κ1) is 13.9. The normalized spacial score (nSPS) is 10.2. The number of carbonyl (C=O) groups is 1. The SMILES string of the molecule is CNCC(=O)c1c(F)c(Br)cc(OC)c1OC. The number of rotatable bonds is 5. The second-order valence-electron chi connectivity index (χ2n) is 3.24. The van der Waals surface area contributed by atoms with Gasteiger partial charge in [-0.2, -0.15) is 0 Å². The first-order valence-electron chi connectivity index (χ1n) is 4.84. The molecule has 0 aliphatic rings. The Hall–Kier alpha value is -1.14. The van der Waals surface area contributed by atoms with E-state index in [0.717, 1.165) is 0 Å². The molecule has 0 saturated heterocycles. The summed E-state index contributed by atoms with van der Waals surface area (Å²) < 4.78 is 24.2. The number of methoxy groups -OCH3 is 2. The molecule has 1 aromatic carbocycles. The summed E-state index contributed by atoms with van der Waals surface area (Å²) in [5.74, 6) is -0.641. The molecule has 0 unspecified atom stereocenters. The number of likely N-dealkylation sites (N-methyl/N-ethyl adjacent to an activating group) is 1. The van der Waals surface area contributed by atoms with Crippen LogP contribution in [0.15, 0.2) is 10.5 Å². The van der Waals surface area contributed by atoms with Crippen LogP contribution in [-0.4, -0.2) is 33.6 Å². The molecule has 17 heavy (non-hydrogen) atoms. The van der Waals surface area contributed by atoms with E-state index in [4.69, 9.17) is 9.47 Å². The van der Waals surface area contributed by atoms with Gasteiger partial charge in [0, 0.05) is 6.07 Å². The van der Waals surface area contributed by atoms with Gasteiger partial charge in [-0.3, -0.25) is 4.79 Å². The van der Waals surface area contributed by atoms with Gasteiger partial charge in [0.2, 0.25) is 0 Å². The third kappa shape index (κ3) is 2.76. The Kier molecular flexibility index (Phi) is 4.89. The van der Waals surface area contributed by atoms with Crippen molar-refractivity contribution < 1.29 is 18.7 Å². The average Bonchev–Trinajstić information content (AvgIpc) is 2.31. The fourth-order valence-electron chi connectivity index (χ4n) is 1.44. The highest BCUT2D eigenvalue weighted by molar-refractivity contribution is 9.10. The Balaban J connectivity index is 3.43. The average molecular weight is 306 g/mol. The van der Waals surface area contributed by atoms with E-state index in [0.29, 0.717) is 5.75 Å². The summed E-state index contributed by atoms with van der Waals surface area (Å²) in [6.45, 7) is 0.0207. The van der Waals surface area contributed by atoms with Gasteiger partial charge in [0.05, 0.1) is 25.2 Å². The van der Waals surface area contributed by atoms with Crippen LogP contribution in [0, 0.1) is 5.82 Å². The van der Waals surface area contributed by atoms with E-state index >= 15 is 0 Å². The van der Waals surface area contributed by atoms with E-state index in [9.17, 15) is 9.18 Å². The van der Waals surface area contributed by atoms with Crippen molar-refractivity contribution in [2.75, 3.05) is 27.8 Å². The Morgan fingerprint density at radius 1 is 1.47 bits per heavy atom. The van der Waals surface area contributed by atoms with E-state index in [1.165, 1.54) is 20.3 Å². The summed E-state index contributed by atoms with van der Waals surface area (Å²) >= 11 is 3.04. The zero-order chi connectivity index (χ0) is 13.0. The van der Waals surface area contributed by atoms with Crippen LogP contribution in [0.3, 0.4) is 0 Å². The van der Waals surface area contributed by atoms with Gasteiger partial charge in [-0.1, -0.05) is 0 Å². The number of hydrogen-bond donors (Lipinski definition) is 1. The van der Waals surface area contributed by atoms with E-state index in [2.05, 4.69) is 21.2 Å². The predicted molar refractivity (Wildman–Crippen MR) is 65.5 cm³/mol. The second-order valence-corrected chi connectivity index (χ2v) is 4.09. The maximum absolute atomic E-state index is 13.9. The Bertz CT molecular complexity index is 437. The number of halogens is 2. The van der Waals surface area contributed by atoms with Crippen LogP contribution in [0.4, 0.5) is 4.39 Å². The smallest absolute Gasteiger partial charge is 0.183 e. The quantitative estimate of drug-likeness (QED) is 0.845. The van der Waals surface area contributed by atoms with E-state index < -0.39 is 11.6 Å². The molecule has 6 heteroatoms. The summed E-state index contributed by atoms with van der Waals surface area (Å²) in [5.41, 5.74) is -0.118. The first-order valence-corrected chi connectivity index (χ1v) is 5.63. The van der Waals surface area contributed by atoms with Gasteiger partial charge >= 0.3 is 0 Å². The summed E-state index contributed by atoms with van der Waals surface area (Å²) in [6, 6.07) is 1.42. The highest BCUT2D eigenvalue weighted by Gasteiger charge is 2.23. The third-order valence-corrected chi connectivity index (χ3v) is 2.76. The lowest BCUT2D eigenvalue weighted by molar-refractivity contribution is 0.0985. The summed E-state index contributed by atoms with van der Waals surface area (Å²) in [6.07, 6.45) is 0. The zero-order valence-corrected chi connectivity index (χ0v) is 11.4. The lowest BCUT2D eigenvalue weighted by Gasteiger charge is -2.14. The van der Waals surface area contributed by atoms with Gasteiger partial charge in [0.25, 0.3) is 0 Å². The molecule has 0 radical (unpaired) electrons. The minimum absolute atomic E-state index is 0.0207. The van der Waals surface area contributed by atoms with Crippen LogP contribution in [0.2, 0.25) is 0 Å². The largest absolute Gasteiger partial charge is 0.493 e. The molecule has 1 aromatic rings. The minimum Gasteiger partial charge on any atom is -0.493 e. The predicted octanol–water partition coefficient (Wildman–Crippen LogP) is 2.01. The van der Waals surface area contributed by atoms with Crippen molar-refractivity contribution >= 4 is 21.7 Å². The van der Waals surface area contributed by atoms with Crippen LogP contribution in [-0.2, 0) is 0 Å². The molecule has 0 amide bonds. The molecule has 0 aliphatic heterocycles. The minimum atomic E-state index is -0.650. The number of ether oxygens (including phenoxy) is 2. The van der Waals surface area contributed by atoms with Crippen molar-refractivity contribution in [2.45, 2.75) is 0 Å². The highest BCUT2D eigenvalue weighted by atomic mass is 79.9. The van der Waals surface area contributed by atoms with Gasteiger partial charge in [-0.05, 0) is 23.0 Å². The second kappa shape index (κ2) is 5.97. The van der Waals surface area contributed by atoms with Crippen LogP contribution in [0.5, 0.6) is 11.5 Å². The van der Waals surface area contributed by atoms with Crippen LogP contribution >= 0.6 is 15.9 Å². The molecule has 0 aromatic heterocycles. The molecule has 0 heterocycles. The molecule has 0 atom stereocenters.